The number of benzene rings is 1. The van der Waals surface area contributed by atoms with E-state index in [9.17, 15) is 9.59 Å². The number of hydrogen-bond acceptors (Lipinski definition) is 3. The van der Waals surface area contributed by atoms with Crippen LogP contribution in [-0.4, -0.2) is 24.1 Å². The Morgan fingerprint density at radius 1 is 0.833 bits per heavy atom. The summed E-state index contributed by atoms with van der Waals surface area (Å²) in [5, 5.41) is 5.99. The maximum absolute atomic E-state index is 12.4. The molecule has 170 valence electrons. The van der Waals surface area contributed by atoms with Crippen LogP contribution in [0.3, 0.4) is 0 Å². The first-order chi connectivity index (χ1) is 14.6. The minimum absolute atomic E-state index is 0.0411. The van der Waals surface area contributed by atoms with Gasteiger partial charge < -0.3 is 10.6 Å². The van der Waals surface area contributed by atoms with E-state index in [-0.39, 0.29) is 11.8 Å². The summed E-state index contributed by atoms with van der Waals surface area (Å²) in [6.45, 7) is 7.11. The number of hydrogen-bond donors (Lipinski definition) is 2. The number of carbonyl (C=O) groups excluding carboxylic acids is 2. The molecule has 2 amide bonds. The summed E-state index contributed by atoms with van der Waals surface area (Å²) in [5.41, 5.74) is 1.36. The fourth-order valence-corrected chi connectivity index (χ4v) is 4.08. The van der Waals surface area contributed by atoms with Gasteiger partial charge in [-0.1, -0.05) is 78.6 Å². The zero-order valence-corrected chi connectivity index (χ0v) is 20.2. The van der Waals surface area contributed by atoms with Crippen molar-refractivity contribution in [3.05, 3.63) is 23.8 Å². The molecule has 1 aromatic carbocycles. The molecule has 0 radical (unpaired) electrons. The zero-order valence-electron chi connectivity index (χ0n) is 19.4. The number of carbonyl (C=O) groups is 2. The molecule has 4 nitrogen and oxygen atoms in total. The molecule has 0 atom stereocenters. The molecule has 0 heterocycles. The van der Waals surface area contributed by atoms with E-state index >= 15 is 0 Å². The Morgan fingerprint density at radius 2 is 1.47 bits per heavy atom. The highest BCUT2D eigenvalue weighted by Gasteiger charge is 2.12. The smallest absolute Gasteiger partial charge is 0.251 e. The quantitative estimate of drug-likeness (QED) is 0.201. The van der Waals surface area contributed by atoms with E-state index in [1.807, 2.05) is 18.2 Å². The van der Waals surface area contributed by atoms with Gasteiger partial charge in [-0.2, -0.15) is 0 Å². The molecule has 2 N–H and O–H groups in total. The SMILES string of the molecule is CCCCCCCCCCCC(=O)Nc1cc(C(=O)NCCCC)ccc1SCC. The lowest BCUT2D eigenvalue weighted by molar-refractivity contribution is -0.116. The molecule has 1 aromatic rings. The van der Waals surface area contributed by atoms with Gasteiger partial charge in [0.2, 0.25) is 5.91 Å². The third kappa shape index (κ3) is 11.6. The molecule has 30 heavy (non-hydrogen) atoms. The zero-order chi connectivity index (χ0) is 22.0. The second-order valence-corrected chi connectivity index (χ2v) is 9.19. The van der Waals surface area contributed by atoms with Crippen LogP contribution in [0.5, 0.6) is 0 Å². The Balaban J connectivity index is 2.45. The van der Waals surface area contributed by atoms with Crippen molar-refractivity contribution in [2.24, 2.45) is 0 Å². The van der Waals surface area contributed by atoms with Crippen molar-refractivity contribution in [2.75, 3.05) is 17.6 Å². The standard InChI is InChI=1S/C25H42N2O2S/c1-4-7-9-10-11-12-13-14-15-16-24(28)27-22-20-21(17-18-23(22)30-6-3)25(29)26-19-8-5-2/h17-18,20H,4-16,19H2,1-3H3,(H,26,29)(H,27,28). The molecule has 0 fully saturated rings. The Morgan fingerprint density at radius 3 is 2.10 bits per heavy atom. The summed E-state index contributed by atoms with van der Waals surface area (Å²) in [6, 6.07) is 5.60. The van der Waals surface area contributed by atoms with Gasteiger partial charge in [0.05, 0.1) is 5.69 Å². The first-order valence-corrected chi connectivity index (χ1v) is 13.0. The summed E-state index contributed by atoms with van der Waals surface area (Å²) in [7, 11) is 0. The van der Waals surface area contributed by atoms with Crippen LogP contribution in [0.2, 0.25) is 0 Å². The summed E-state index contributed by atoms with van der Waals surface area (Å²) < 4.78 is 0. The normalized spacial score (nSPS) is 10.8. The van der Waals surface area contributed by atoms with Crippen molar-refractivity contribution >= 4 is 29.3 Å². The minimum atomic E-state index is -0.0778. The third-order valence-corrected chi connectivity index (χ3v) is 6.09. The molecule has 1 rings (SSSR count). The molecule has 0 aliphatic carbocycles. The Bertz CT molecular complexity index is 619. The maximum Gasteiger partial charge on any atom is 0.251 e. The van der Waals surface area contributed by atoms with Gasteiger partial charge in [0.1, 0.15) is 0 Å². The van der Waals surface area contributed by atoms with E-state index in [0.29, 0.717) is 18.5 Å². The van der Waals surface area contributed by atoms with Crippen LogP contribution in [0.25, 0.3) is 0 Å². The number of thioether (sulfide) groups is 1. The molecule has 0 bridgehead atoms. The van der Waals surface area contributed by atoms with E-state index in [1.54, 1.807) is 11.8 Å². The molecule has 5 heteroatoms. The van der Waals surface area contributed by atoms with Crippen molar-refractivity contribution in [3.8, 4) is 0 Å². The van der Waals surface area contributed by atoms with Crippen LogP contribution in [-0.2, 0) is 4.79 Å². The molecule has 0 aromatic heterocycles. The Kier molecular flexibility index (Phi) is 15.2. The predicted octanol–water partition coefficient (Wildman–Crippen LogP) is 7.19. The van der Waals surface area contributed by atoms with Crippen LogP contribution in [0, 0.1) is 0 Å². The minimum Gasteiger partial charge on any atom is -0.352 e. The third-order valence-electron chi connectivity index (χ3n) is 5.14. The summed E-state index contributed by atoms with van der Waals surface area (Å²) in [6.07, 6.45) is 13.7. The molecular formula is C25H42N2O2S. The Hall–Kier alpha value is -1.49. The molecule has 0 aliphatic rings. The fraction of sp³-hybridized carbons (Fsp3) is 0.680. The average Bonchev–Trinajstić information content (AvgIpc) is 2.74. The van der Waals surface area contributed by atoms with Gasteiger partial charge in [-0.3, -0.25) is 9.59 Å². The average molecular weight is 435 g/mol. The Labute approximate surface area is 188 Å². The topological polar surface area (TPSA) is 58.2 Å². The van der Waals surface area contributed by atoms with E-state index in [2.05, 4.69) is 31.4 Å². The van der Waals surface area contributed by atoms with Gasteiger partial charge in [-0.15, -0.1) is 11.8 Å². The highest BCUT2D eigenvalue weighted by Crippen LogP contribution is 2.28. The monoisotopic (exact) mass is 434 g/mol. The van der Waals surface area contributed by atoms with Crippen molar-refractivity contribution in [1.29, 1.82) is 0 Å². The first-order valence-electron chi connectivity index (χ1n) is 12.0. The number of rotatable bonds is 17. The second-order valence-electron chi connectivity index (χ2n) is 7.88. The van der Waals surface area contributed by atoms with Crippen LogP contribution >= 0.6 is 11.8 Å². The summed E-state index contributed by atoms with van der Waals surface area (Å²) in [4.78, 5) is 25.8. The van der Waals surface area contributed by atoms with Gasteiger partial charge in [-0.05, 0) is 36.8 Å². The van der Waals surface area contributed by atoms with Gasteiger partial charge in [0, 0.05) is 23.4 Å². The second kappa shape index (κ2) is 17.2. The molecular weight excluding hydrogens is 392 g/mol. The van der Waals surface area contributed by atoms with Gasteiger partial charge in [-0.25, -0.2) is 0 Å². The lowest BCUT2D eigenvalue weighted by Crippen LogP contribution is -2.24. The number of amides is 2. The number of nitrogens with one attached hydrogen (secondary N) is 2. The lowest BCUT2D eigenvalue weighted by Gasteiger charge is -2.13. The van der Waals surface area contributed by atoms with Crippen LogP contribution < -0.4 is 10.6 Å². The summed E-state index contributed by atoms with van der Waals surface area (Å²) >= 11 is 1.68. The molecule has 0 saturated carbocycles. The van der Waals surface area contributed by atoms with Gasteiger partial charge in [0.15, 0.2) is 0 Å². The number of anilines is 1. The highest BCUT2D eigenvalue weighted by molar-refractivity contribution is 7.99. The van der Waals surface area contributed by atoms with E-state index in [1.165, 1.54) is 44.9 Å². The van der Waals surface area contributed by atoms with Gasteiger partial charge in [0.25, 0.3) is 5.91 Å². The fourth-order valence-electron chi connectivity index (χ4n) is 3.34. The van der Waals surface area contributed by atoms with E-state index < -0.39 is 0 Å². The maximum atomic E-state index is 12.4. The van der Waals surface area contributed by atoms with Crippen LogP contribution in [0.15, 0.2) is 23.1 Å². The van der Waals surface area contributed by atoms with Crippen LogP contribution in [0.1, 0.15) is 108 Å². The van der Waals surface area contributed by atoms with Crippen molar-refractivity contribution < 1.29 is 9.59 Å². The lowest BCUT2D eigenvalue weighted by atomic mass is 10.1. The van der Waals surface area contributed by atoms with Crippen molar-refractivity contribution in [1.82, 2.24) is 5.32 Å². The molecule has 0 saturated heterocycles. The summed E-state index contributed by atoms with van der Waals surface area (Å²) in [5.74, 6) is 0.883. The van der Waals surface area contributed by atoms with Crippen LogP contribution in [0.4, 0.5) is 5.69 Å². The van der Waals surface area contributed by atoms with E-state index in [0.717, 1.165) is 42.0 Å². The molecule has 0 unspecified atom stereocenters. The van der Waals surface area contributed by atoms with E-state index in [4.69, 9.17) is 0 Å². The van der Waals surface area contributed by atoms with Gasteiger partial charge >= 0.3 is 0 Å². The number of unbranched alkanes of at least 4 members (excludes halogenated alkanes) is 9. The van der Waals surface area contributed by atoms with Crippen molar-refractivity contribution in [2.45, 2.75) is 103 Å². The highest BCUT2D eigenvalue weighted by atomic mass is 32.2. The van der Waals surface area contributed by atoms with Crippen molar-refractivity contribution in [3.63, 3.8) is 0 Å². The molecule has 0 spiro atoms. The first kappa shape index (κ1) is 26.5. The molecule has 0 aliphatic heterocycles. The predicted molar refractivity (Wildman–Crippen MR) is 131 cm³/mol. The largest absolute Gasteiger partial charge is 0.352 e.